The second kappa shape index (κ2) is 8.87. The molecule has 1 aromatic rings. The van der Waals surface area contributed by atoms with Gasteiger partial charge in [0.25, 0.3) is 0 Å². The van der Waals surface area contributed by atoms with E-state index in [-0.39, 0.29) is 30.4 Å². The van der Waals surface area contributed by atoms with Crippen LogP contribution in [0.15, 0.2) is 18.2 Å². The maximum atomic E-state index is 13.3. The van der Waals surface area contributed by atoms with E-state index in [0.29, 0.717) is 13.0 Å². The van der Waals surface area contributed by atoms with Crippen LogP contribution in [-0.2, 0) is 0 Å². The van der Waals surface area contributed by atoms with Crippen molar-refractivity contribution in [3.8, 4) is 0 Å². The molecular formula is C18H28FN3O2. The Balaban J connectivity index is 1.85. The number of hydrogen-bond donors (Lipinski definition) is 3. The number of aryl methyl sites for hydroxylation is 1. The van der Waals surface area contributed by atoms with Gasteiger partial charge in [0.15, 0.2) is 0 Å². The number of hydrogen-bond acceptors (Lipinski definition) is 3. The van der Waals surface area contributed by atoms with Crippen molar-refractivity contribution in [2.75, 3.05) is 31.1 Å². The van der Waals surface area contributed by atoms with Crippen molar-refractivity contribution in [2.24, 2.45) is 5.92 Å². The van der Waals surface area contributed by atoms with E-state index in [4.69, 9.17) is 5.11 Å². The average Bonchev–Trinajstić information content (AvgIpc) is 2.53. The number of aliphatic hydroxyl groups is 1. The fraction of sp³-hybridized carbons (Fsp3) is 0.611. The molecule has 0 bridgehead atoms. The summed E-state index contributed by atoms with van der Waals surface area (Å²) in [5.74, 6) is 0.0322. The highest BCUT2D eigenvalue weighted by atomic mass is 19.1. The van der Waals surface area contributed by atoms with Gasteiger partial charge < -0.3 is 20.6 Å². The molecular weight excluding hydrogens is 309 g/mol. The monoisotopic (exact) mass is 337 g/mol. The Labute approximate surface area is 143 Å². The van der Waals surface area contributed by atoms with Crippen molar-refractivity contribution in [3.05, 3.63) is 29.6 Å². The van der Waals surface area contributed by atoms with Gasteiger partial charge in [-0.1, -0.05) is 6.92 Å². The number of carbonyl (C=O) groups excluding carboxylic acids is 1. The molecule has 1 fully saturated rings. The highest BCUT2D eigenvalue weighted by Crippen LogP contribution is 2.24. The molecule has 1 saturated heterocycles. The first kappa shape index (κ1) is 18.5. The Hall–Kier alpha value is -1.82. The molecule has 1 heterocycles. The number of rotatable bonds is 6. The summed E-state index contributed by atoms with van der Waals surface area (Å²) in [6.07, 6.45) is 2.61. The van der Waals surface area contributed by atoms with E-state index in [2.05, 4.69) is 15.5 Å². The van der Waals surface area contributed by atoms with E-state index in [1.165, 1.54) is 6.07 Å². The van der Waals surface area contributed by atoms with Crippen LogP contribution in [0.3, 0.4) is 0 Å². The molecule has 1 aromatic carbocycles. The van der Waals surface area contributed by atoms with Gasteiger partial charge in [-0.2, -0.15) is 0 Å². The third-order valence-electron chi connectivity index (χ3n) is 4.49. The predicted octanol–water partition coefficient (Wildman–Crippen LogP) is 2.42. The Bertz CT molecular complexity index is 553. The summed E-state index contributed by atoms with van der Waals surface area (Å²) in [7, 11) is 0. The smallest absolute Gasteiger partial charge is 0.315 e. The summed E-state index contributed by atoms with van der Waals surface area (Å²) in [6, 6.07) is 4.75. The van der Waals surface area contributed by atoms with E-state index < -0.39 is 0 Å². The molecule has 0 aliphatic carbocycles. The summed E-state index contributed by atoms with van der Waals surface area (Å²) in [4.78, 5) is 14.2. The molecule has 3 N–H and O–H groups in total. The summed E-state index contributed by atoms with van der Waals surface area (Å²) < 4.78 is 13.3. The summed E-state index contributed by atoms with van der Waals surface area (Å²) in [5.41, 5.74) is 1.94. The third kappa shape index (κ3) is 5.37. The fourth-order valence-electron chi connectivity index (χ4n) is 3.11. The molecule has 2 amide bonds. The predicted molar refractivity (Wildman–Crippen MR) is 93.8 cm³/mol. The van der Waals surface area contributed by atoms with Gasteiger partial charge in [-0.25, -0.2) is 9.18 Å². The van der Waals surface area contributed by atoms with E-state index in [1.807, 2.05) is 19.9 Å². The van der Waals surface area contributed by atoms with E-state index in [0.717, 1.165) is 37.2 Å². The molecule has 1 aliphatic rings. The van der Waals surface area contributed by atoms with Crippen LogP contribution in [0.25, 0.3) is 0 Å². The van der Waals surface area contributed by atoms with Gasteiger partial charge in [-0.05, 0) is 55.9 Å². The lowest BCUT2D eigenvalue weighted by Crippen LogP contribution is -2.51. The number of piperidine rings is 1. The van der Waals surface area contributed by atoms with Crippen LogP contribution in [0.1, 0.15) is 31.7 Å². The number of benzene rings is 1. The van der Waals surface area contributed by atoms with Gasteiger partial charge in [-0.3, -0.25) is 0 Å². The number of halogens is 1. The Morgan fingerprint density at radius 2 is 2.29 bits per heavy atom. The van der Waals surface area contributed by atoms with Gasteiger partial charge in [-0.15, -0.1) is 0 Å². The Kier molecular flexibility index (Phi) is 6.85. The first-order valence-electron chi connectivity index (χ1n) is 8.66. The molecule has 6 heteroatoms. The standard InChI is InChI=1S/C18H28FN3O2/c1-13(7-9-23)11-20-18(24)21-16-4-3-8-22(12-16)17-6-5-15(19)10-14(17)2/h5-6,10,13,16,23H,3-4,7-9,11-12H2,1-2H3,(H2,20,21,24)/t13-,16-/m1/s1. The first-order valence-corrected chi connectivity index (χ1v) is 8.66. The van der Waals surface area contributed by atoms with Crippen molar-refractivity contribution in [3.63, 3.8) is 0 Å². The molecule has 5 nitrogen and oxygen atoms in total. The van der Waals surface area contributed by atoms with E-state index in [1.54, 1.807) is 6.07 Å². The van der Waals surface area contributed by atoms with E-state index in [9.17, 15) is 9.18 Å². The zero-order valence-electron chi connectivity index (χ0n) is 14.5. The summed E-state index contributed by atoms with van der Waals surface area (Å²) in [5, 5.41) is 14.8. The topological polar surface area (TPSA) is 64.6 Å². The third-order valence-corrected chi connectivity index (χ3v) is 4.49. The first-order chi connectivity index (χ1) is 11.5. The van der Waals surface area contributed by atoms with Crippen molar-refractivity contribution in [1.82, 2.24) is 10.6 Å². The Morgan fingerprint density at radius 1 is 1.50 bits per heavy atom. The Morgan fingerprint density at radius 3 is 3.00 bits per heavy atom. The molecule has 134 valence electrons. The minimum atomic E-state index is -0.223. The van der Waals surface area contributed by atoms with Crippen LogP contribution in [0.2, 0.25) is 0 Å². The quantitative estimate of drug-likeness (QED) is 0.747. The van der Waals surface area contributed by atoms with Gasteiger partial charge in [0.1, 0.15) is 5.82 Å². The number of carbonyl (C=O) groups is 1. The highest BCUT2D eigenvalue weighted by Gasteiger charge is 2.22. The normalized spacial score (nSPS) is 19.0. The van der Waals surface area contributed by atoms with E-state index >= 15 is 0 Å². The molecule has 0 radical (unpaired) electrons. The fourth-order valence-corrected chi connectivity index (χ4v) is 3.11. The maximum Gasteiger partial charge on any atom is 0.315 e. The highest BCUT2D eigenvalue weighted by molar-refractivity contribution is 5.74. The lowest BCUT2D eigenvalue weighted by molar-refractivity contribution is 0.229. The molecule has 0 aromatic heterocycles. The van der Waals surface area contributed by atoms with Crippen molar-refractivity contribution < 1.29 is 14.3 Å². The van der Waals surface area contributed by atoms with Crippen LogP contribution in [0, 0.1) is 18.7 Å². The molecule has 2 atom stereocenters. The minimum absolute atomic E-state index is 0.0800. The number of nitrogens with one attached hydrogen (secondary N) is 2. The number of amides is 2. The number of anilines is 1. The van der Waals surface area contributed by atoms with Crippen LogP contribution in [-0.4, -0.2) is 43.4 Å². The lowest BCUT2D eigenvalue weighted by Gasteiger charge is -2.35. The number of urea groups is 1. The molecule has 0 unspecified atom stereocenters. The maximum absolute atomic E-state index is 13.3. The largest absolute Gasteiger partial charge is 0.396 e. The van der Waals surface area contributed by atoms with Crippen LogP contribution < -0.4 is 15.5 Å². The van der Waals surface area contributed by atoms with Gasteiger partial charge in [0, 0.05) is 38.0 Å². The van der Waals surface area contributed by atoms with Gasteiger partial charge in [0.05, 0.1) is 0 Å². The molecule has 2 rings (SSSR count). The lowest BCUT2D eigenvalue weighted by atomic mass is 10.0. The number of aliphatic hydroxyl groups excluding tert-OH is 1. The van der Waals surface area contributed by atoms with Crippen molar-refractivity contribution in [1.29, 1.82) is 0 Å². The molecule has 0 spiro atoms. The SMILES string of the molecule is Cc1cc(F)ccc1N1CCC[C@@H](NC(=O)NC[C@H](C)CCO)C1. The molecule has 1 aliphatic heterocycles. The zero-order chi connectivity index (χ0) is 17.5. The van der Waals surface area contributed by atoms with Crippen LogP contribution >= 0.6 is 0 Å². The van der Waals surface area contributed by atoms with Crippen molar-refractivity contribution >= 4 is 11.7 Å². The minimum Gasteiger partial charge on any atom is -0.396 e. The van der Waals surface area contributed by atoms with Crippen LogP contribution in [0.5, 0.6) is 0 Å². The van der Waals surface area contributed by atoms with Crippen LogP contribution in [0.4, 0.5) is 14.9 Å². The second-order valence-electron chi connectivity index (χ2n) is 6.69. The van der Waals surface area contributed by atoms with Gasteiger partial charge >= 0.3 is 6.03 Å². The van der Waals surface area contributed by atoms with Crippen molar-refractivity contribution in [2.45, 2.75) is 39.2 Å². The molecule has 0 saturated carbocycles. The second-order valence-corrected chi connectivity index (χ2v) is 6.69. The van der Waals surface area contributed by atoms with Gasteiger partial charge in [0.2, 0.25) is 0 Å². The summed E-state index contributed by atoms with van der Waals surface area (Å²) in [6.45, 7) is 6.24. The summed E-state index contributed by atoms with van der Waals surface area (Å²) >= 11 is 0. The number of nitrogens with zero attached hydrogens (tertiary/aromatic N) is 1. The zero-order valence-corrected chi connectivity index (χ0v) is 14.5. The molecule has 24 heavy (non-hydrogen) atoms. The average molecular weight is 337 g/mol.